The van der Waals surface area contributed by atoms with Crippen LogP contribution < -0.4 is 0 Å². The van der Waals surface area contributed by atoms with Crippen LogP contribution in [0.4, 0.5) is 4.39 Å². The van der Waals surface area contributed by atoms with E-state index in [1.165, 1.54) is 30.7 Å². The maximum absolute atomic E-state index is 13.1. The number of hydrogen-bond donors (Lipinski definition) is 0. The van der Waals surface area contributed by atoms with Gasteiger partial charge in [0, 0.05) is 38.6 Å². The first-order valence-electron chi connectivity index (χ1n) is 7.36. The zero-order chi connectivity index (χ0) is 17.1. The number of carbonyl (C=O) groups excluding carboxylic acids is 2. The molecule has 0 aliphatic carbocycles. The number of aromatic nitrogens is 2. The summed E-state index contributed by atoms with van der Waals surface area (Å²) in [5.74, 6) is -0.974. The highest BCUT2D eigenvalue weighted by atomic mass is 35.5. The van der Waals surface area contributed by atoms with Crippen molar-refractivity contribution in [3.05, 3.63) is 58.9 Å². The number of piperazine rings is 1. The molecule has 0 unspecified atom stereocenters. The quantitative estimate of drug-likeness (QED) is 0.831. The summed E-state index contributed by atoms with van der Waals surface area (Å²) in [5, 5.41) is 0.0815. The predicted molar refractivity (Wildman–Crippen MR) is 85.2 cm³/mol. The summed E-state index contributed by atoms with van der Waals surface area (Å²) in [6.07, 6.45) is 4.38. The Hall–Kier alpha value is -2.54. The Morgan fingerprint density at radius 3 is 2.29 bits per heavy atom. The maximum atomic E-state index is 13.1. The number of halogens is 2. The molecule has 1 fully saturated rings. The first-order valence-corrected chi connectivity index (χ1v) is 7.73. The Morgan fingerprint density at radius 1 is 1.04 bits per heavy atom. The van der Waals surface area contributed by atoms with E-state index >= 15 is 0 Å². The summed E-state index contributed by atoms with van der Waals surface area (Å²) in [6.45, 7) is 1.52. The van der Waals surface area contributed by atoms with Crippen molar-refractivity contribution < 1.29 is 14.0 Å². The predicted octanol–water partition coefficient (Wildman–Crippen LogP) is 1.87. The number of rotatable bonds is 2. The van der Waals surface area contributed by atoms with Gasteiger partial charge in [0.25, 0.3) is 11.8 Å². The second-order valence-electron chi connectivity index (χ2n) is 5.30. The van der Waals surface area contributed by atoms with E-state index < -0.39 is 5.82 Å². The maximum Gasteiger partial charge on any atom is 0.274 e. The van der Waals surface area contributed by atoms with Crippen LogP contribution in [0.2, 0.25) is 5.02 Å². The van der Waals surface area contributed by atoms with Crippen LogP contribution in [0.3, 0.4) is 0 Å². The molecule has 1 aliphatic heterocycles. The van der Waals surface area contributed by atoms with Crippen LogP contribution in [0.1, 0.15) is 20.8 Å². The monoisotopic (exact) mass is 348 g/mol. The third-order valence-corrected chi connectivity index (χ3v) is 4.11. The number of carbonyl (C=O) groups is 2. The summed E-state index contributed by atoms with van der Waals surface area (Å²) >= 11 is 5.94. The fourth-order valence-corrected chi connectivity index (χ4v) is 2.77. The topological polar surface area (TPSA) is 66.4 Å². The molecule has 3 rings (SSSR count). The average molecular weight is 349 g/mol. The Kier molecular flexibility index (Phi) is 4.71. The van der Waals surface area contributed by atoms with Crippen LogP contribution >= 0.6 is 11.6 Å². The fourth-order valence-electron chi connectivity index (χ4n) is 2.52. The molecule has 8 heteroatoms. The Morgan fingerprint density at radius 2 is 1.71 bits per heavy atom. The summed E-state index contributed by atoms with van der Waals surface area (Å²) in [5.41, 5.74) is 0.533. The summed E-state index contributed by atoms with van der Waals surface area (Å²) in [4.78, 5) is 35.9. The van der Waals surface area contributed by atoms with Crippen LogP contribution in [0.15, 0.2) is 36.8 Å². The molecule has 2 heterocycles. The molecule has 2 amide bonds. The second kappa shape index (κ2) is 6.92. The lowest BCUT2D eigenvalue weighted by atomic mass is 10.1. The minimum Gasteiger partial charge on any atom is -0.335 e. The molecular weight excluding hydrogens is 335 g/mol. The molecule has 24 heavy (non-hydrogen) atoms. The van der Waals surface area contributed by atoms with E-state index in [2.05, 4.69) is 9.97 Å². The van der Waals surface area contributed by atoms with Crippen molar-refractivity contribution in [2.45, 2.75) is 0 Å². The SMILES string of the molecule is O=C(c1cnccn1)N1CCN(C(=O)c2ccc(F)cc2Cl)CC1. The van der Waals surface area contributed by atoms with Gasteiger partial charge in [0.15, 0.2) is 0 Å². The van der Waals surface area contributed by atoms with E-state index in [1.54, 1.807) is 9.80 Å². The van der Waals surface area contributed by atoms with Crippen LogP contribution in [0.5, 0.6) is 0 Å². The Bertz CT molecular complexity index is 764. The number of benzene rings is 1. The zero-order valence-corrected chi connectivity index (χ0v) is 13.4. The molecule has 6 nitrogen and oxygen atoms in total. The molecule has 1 aromatic carbocycles. The minimum absolute atomic E-state index is 0.0815. The van der Waals surface area contributed by atoms with Gasteiger partial charge in [0.1, 0.15) is 11.5 Å². The van der Waals surface area contributed by atoms with Gasteiger partial charge in [-0.25, -0.2) is 9.37 Å². The average Bonchev–Trinajstić information content (AvgIpc) is 2.61. The molecule has 124 valence electrons. The van der Waals surface area contributed by atoms with E-state index in [1.807, 2.05) is 0 Å². The van der Waals surface area contributed by atoms with Gasteiger partial charge in [-0.2, -0.15) is 0 Å². The van der Waals surface area contributed by atoms with Gasteiger partial charge < -0.3 is 9.80 Å². The van der Waals surface area contributed by atoms with Gasteiger partial charge in [0.2, 0.25) is 0 Å². The van der Waals surface area contributed by atoms with E-state index in [-0.39, 0.29) is 28.1 Å². The van der Waals surface area contributed by atoms with Crippen molar-refractivity contribution >= 4 is 23.4 Å². The lowest BCUT2D eigenvalue weighted by molar-refractivity contribution is 0.0532. The third-order valence-electron chi connectivity index (χ3n) is 3.80. The zero-order valence-electron chi connectivity index (χ0n) is 12.7. The summed E-state index contributed by atoms with van der Waals surface area (Å²) in [6, 6.07) is 3.69. The largest absolute Gasteiger partial charge is 0.335 e. The Balaban J connectivity index is 1.64. The summed E-state index contributed by atoms with van der Waals surface area (Å²) in [7, 11) is 0. The molecule has 1 aliphatic rings. The van der Waals surface area contributed by atoms with Gasteiger partial charge in [-0.3, -0.25) is 14.6 Å². The first kappa shape index (κ1) is 16.3. The van der Waals surface area contributed by atoms with Crippen molar-refractivity contribution in [1.29, 1.82) is 0 Å². The number of hydrogen-bond acceptors (Lipinski definition) is 4. The van der Waals surface area contributed by atoms with E-state index in [0.717, 1.165) is 6.07 Å². The van der Waals surface area contributed by atoms with Crippen molar-refractivity contribution in [3.8, 4) is 0 Å². The van der Waals surface area contributed by atoms with Gasteiger partial charge in [0.05, 0.1) is 16.8 Å². The molecule has 1 aromatic heterocycles. The van der Waals surface area contributed by atoms with Gasteiger partial charge >= 0.3 is 0 Å². The van der Waals surface area contributed by atoms with E-state index in [4.69, 9.17) is 11.6 Å². The normalized spacial score (nSPS) is 14.6. The van der Waals surface area contributed by atoms with Crippen molar-refractivity contribution in [1.82, 2.24) is 19.8 Å². The van der Waals surface area contributed by atoms with Gasteiger partial charge in [-0.15, -0.1) is 0 Å². The number of amides is 2. The third kappa shape index (κ3) is 3.35. The molecule has 0 radical (unpaired) electrons. The second-order valence-corrected chi connectivity index (χ2v) is 5.71. The van der Waals surface area contributed by atoms with Crippen molar-refractivity contribution in [2.24, 2.45) is 0 Å². The van der Waals surface area contributed by atoms with Gasteiger partial charge in [-0.1, -0.05) is 11.6 Å². The lowest BCUT2D eigenvalue weighted by Gasteiger charge is -2.34. The first-order chi connectivity index (χ1) is 11.6. The van der Waals surface area contributed by atoms with Gasteiger partial charge in [-0.05, 0) is 18.2 Å². The van der Waals surface area contributed by atoms with Crippen LogP contribution in [-0.2, 0) is 0 Å². The fraction of sp³-hybridized carbons (Fsp3) is 0.250. The van der Waals surface area contributed by atoms with Crippen LogP contribution in [-0.4, -0.2) is 57.8 Å². The van der Waals surface area contributed by atoms with E-state index in [9.17, 15) is 14.0 Å². The highest BCUT2D eigenvalue weighted by molar-refractivity contribution is 6.33. The molecular formula is C16H14ClFN4O2. The molecule has 0 N–H and O–H groups in total. The number of nitrogens with zero attached hydrogens (tertiary/aromatic N) is 4. The van der Waals surface area contributed by atoms with E-state index in [0.29, 0.717) is 26.2 Å². The van der Waals surface area contributed by atoms with Crippen LogP contribution in [0.25, 0.3) is 0 Å². The molecule has 0 bridgehead atoms. The molecule has 0 atom stereocenters. The summed E-state index contributed by atoms with van der Waals surface area (Å²) < 4.78 is 13.1. The standard InChI is InChI=1S/C16H14ClFN4O2/c17-13-9-11(18)1-2-12(13)15(23)21-5-7-22(8-6-21)16(24)14-10-19-3-4-20-14/h1-4,9-10H,5-8H2. The molecule has 1 saturated heterocycles. The molecule has 0 saturated carbocycles. The van der Waals surface area contributed by atoms with Crippen molar-refractivity contribution in [2.75, 3.05) is 26.2 Å². The molecule has 0 spiro atoms. The van der Waals surface area contributed by atoms with Crippen molar-refractivity contribution in [3.63, 3.8) is 0 Å². The smallest absolute Gasteiger partial charge is 0.274 e. The minimum atomic E-state index is -0.490. The Labute approximate surface area is 142 Å². The molecule has 2 aromatic rings. The highest BCUT2D eigenvalue weighted by Crippen LogP contribution is 2.20. The highest BCUT2D eigenvalue weighted by Gasteiger charge is 2.27. The lowest BCUT2D eigenvalue weighted by Crippen LogP contribution is -2.50. The van der Waals surface area contributed by atoms with Crippen LogP contribution in [0, 0.1) is 5.82 Å².